The van der Waals surface area contributed by atoms with E-state index in [1.807, 2.05) is 13.0 Å². The molecule has 17 heavy (non-hydrogen) atoms. The second-order valence-corrected chi connectivity index (χ2v) is 3.73. The molecule has 0 aliphatic rings. The van der Waals surface area contributed by atoms with E-state index in [9.17, 15) is 4.39 Å². The lowest BCUT2D eigenvalue weighted by atomic mass is 9.97. The van der Waals surface area contributed by atoms with Gasteiger partial charge < -0.3 is 0 Å². The summed E-state index contributed by atoms with van der Waals surface area (Å²) in [4.78, 5) is 7.72. The fourth-order valence-corrected chi connectivity index (χ4v) is 1.78. The van der Waals surface area contributed by atoms with Crippen LogP contribution < -0.4 is 11.3 Å². The van der Waals surface area contributed by atoms with E-state index < -0.39 is 6.04 Å². The Bertz CT molecular complexity index is 470. The molecule has 5 heteroatoms. The number of hydrogen-bond donors (Lipinski definition) is 2. The van der Waals surface area contributed by atoms with Gasteiger partial charge in [0.15, 0.2) is 0 Å². The third-order valence-corrected chi connectivity index (χ3v) is 2.66. The first-order valence-electron chi connectivity index (χ1n) is 5.20. The fraction of sp³-hybridized carbons (Fsp3) is 0.167. The summed E-state index contributed by atoms with van der Waals surface area (Å²) in [5, 5.41) is 0. The lowest BCUT2D eigenvalue weighted by Crippen LogP contribution is -2.30. The van der Waals surface area contributed by atoms with Crippen LogP contribution in [0.1, 0.15) is 22.7 Å². The van der Waals surface area contributed by atoms with E-state index in [-0.39, 0.29) is 5.82 Å². The van der Waals surface area contributed by atoms with E-state index in [1.54, 1.807) is 24.7 Å². The van der Waals surface area contributed by atoms with Crippen LogP contribution in [0, 0.1) is 12.7 Å². The zero-order chi connectivity index (χ0) is 12.3. The Morgan fingerprint density at radius 3 is 2.41 bits per heavy atom. The van der Waals surface area contributed by atoms with Crippen LogP contribution in [0.15, 0.2) is 36.9 Å². The third-order valence-electron chi connectivity index (χ3n) is 2.66. The number of nitrogens with zero attached hydrogens (tertiary/aromatic N) is 2. The topological polar surface area (TPSA) is 63.8 Å². The SMILES string of the molecule is Cc1cnccc1C(NN)c1ccncc1F. The first kappa shape index (κ1) is 11.6. The molecule has 3 N–H and O–H groups in total. The van der Waals surface area contributed by atoms with Crippen molar-refractivity contribution in [2.75, 3.05) is 0 Å². The largest absolute Gasteiger partial charge is 0.271 e. The van der Waals surface area contributed by atoms with Gasteiger partial charge in [-0.05, 0) is 30.2 Å². The van der Waals surface area contributed by atoms with E-state index in [0.29, 0.717) is 5.56 Å². The molecule has 2 rings (SSSR count). The number of halogens is 1. The van der Waals surface area contributed by atoms with E-state index in [2.05, 4.69) is 15.4 Å². The average Bonchev–Trinajstić information content (AvgIpc) is 2.34. The molecular formula is C12H13FN4. The van der Waals surface area contributed by atoms with Gasteiger partial charge >= 0.3 is 0 Å². The Morgan fingerprint density at radius 2 is 1.82 bits per heavy atom. The van der Waals surface area contributed by atoms with Crippen molar-refractivity contribution < 1.29 is 4.39 Å². The number of nitrogens with one attached hydrogen (secondary N) is 1. The monoisotopic (exact) mass is 232 g/mol. The maximum absolute atomic E-state index is 13.7. The third kappa shape index (κ3) is 2.30. The highest BCUT2D eigenvalue weighted by molar-refractivity contribution is 5.34. The van der Waals surface area contributed by atoms with Crippen molar-refractivity contribution >= 4 is 0 Å². The average molecular weight is 232 g/mol. The summed E-state index contributed by atoms with van der Waals surface area (Å²) in [6.07, 6.45) is 6.10. The second kappa shape index (κ2) is 4.99. The molecule has 0 radical (unpaired) electrons. The number of aryl methyl sites for hydroxylation is 1. The van der Waals surface area contributed by atoms with Crippen LogP contribution >= 0.6 is 0 Å². The van der Waals surface area contributed by atoms with E-state index >= 15 is 0 Å². The lowest BCUT2D eigenvalue weighted by Gasteiger charge is -2.18. The standard InChI is InChI=1S/C12H13FN4/c1-8-6-15-4-2-9(8)12(17-14)10-3-5-16-7-11(10)13/h2-7,12,17H,14H2,1H3. The van der Waals surface area contributed by atoms with Crippen LogP contribution in [0.4, 0.5) is 4.39 Å². The normalized spacial score (nSPS) is 12.4. The predicted molar refractivity (Wildman–Crippen MR) is 62.3 cm³/mol. The molecule has 0 aromatic carbocycles. The Hall–Kier alpha value is -1.85. The van der Waals surface area contributed by atoms with Crippen LogP contribution in [0.3, 0.4) is 0 Å². The number of pyridine rings is 2. The van der Waals surface area contributed by atoms with Crippen molar-refractivity contribution in [2.24, 2.45) is 5.84 Å². The summed E-state index contributed by atoms with van der Waals surface area (Å²) in [6, 6.07) is 3.03. The highest BCUT2D eigenvalue weighted by Gasteiger charge is 2.17. The molecule has 2 aromatic rings. The van der Waals surface area contributed by atoms with Gasteiger partial charge in [0.1, 0.15) is 5.82 Å². The first-order chi connectivity index (χ1) is 8.24. The van der Waals surface area contributed by atoms with Gasteiger partial charge in [0, 0.05) is 24.2 Å². The minimum Gasteiger partial charge on any atom is -0.271 e. The molecule has 4 nitrogen and oxygen atoms in total. The minimum atomic E-state index is -0.402. The Kier molecular flexibility index (Phi) is 3.41. The maximum atomic E-state index is 13.7. The highest BCUT2D eigenvalue weighted by Crippen LogP contribution is 2.24. The Balaban J connectivity index is 2.48. The molecule has 1 unspecified atom stereocenters. The van der Waals surface area contributed by atoms with Gasteiger partial charge in [-0.1, -0.05) is 0 Å². The van der Waals surface area contributed by atoms with Crippen molar-refractivity contribution in [1.82, 2.24) is 15.4 Å². The van der Waals surface area contributed by atoms with Crippen molar-refractivity contribution in [3.63, 3.8) is 0 Å². The van der Waals surface area contributed by atoms with Gasteiger partial charge in [-0.15, -0.1) is 0 Å². The first-order valence-corrected chi connectivity index (χ1v) is 5.20. The van der Waals surface area contributed by atoms with Gasteiger partial charge in [-0.3, -0.25) is 15.8 Å². The maximum Gasteiger partial charge on any atom is 0.146 e. The smallest absolute Gasteiger partial charge is 0.146 e. The van der Waals surface area contributed by atoms with Gasteiger partial charge in [-0.25, -0.2) is 9.82 Å². The zero-order valence-electron chi connectivity index (χ0n) is 9.39. The molecule has 0 spiro atoms. The van der Waals surface area contributed by atoms with Crippen LogP contribution in [-0.2, 0) is 0 Å². The Morgan fingerprint density at radius 1 is 1.18 bits per heavy atom. The van der Waals surface area contributed by atoms with Crippen LogP contribution in [0.2, 0.25) is 0 Å². The number of nitrogens with two attached hydrogens (primary N) is 1. The molecule has 0 aliphatic heterocycles. The van der Waals surface area contributed by atoms with Gasteiger partial charge in [0.05, 0.1) is 12.2 Å². The van der Waals surface area contributed by atoms with E-state index in [0.717, 1.165) is 11.1 Å². The van der Waals surface area contributed by atoms with Crippen LogP contribution in [0.25, 0.3) is 0 Å². The molecule has 0 saturated heterocycles. The van der Waals surface area contributed by atoms with Crippen molar-refractivity contribution in [3.05, 3.63) is 59.4 Å². The van der Waals surface area contributed by atoms with Crippen molar-refractivity contribution in [2.45, 2.75) is 13.0 Å². The Labute approximate surface area is 98.7 Å². The summed E-state index contributed by atoms with van der Waals surface area (Å²) < 4.78 is 13.7. The quantitative estimate of drug-likeness (QED) is 0.621. The summed E-state index contributed by atoms with van der Waals surface area (Å²) >= 11 is 0. The number of aromatic nitrogens is 2. The predicted octanol–water partition coefficient (Wildman–Crippen LogP) is 1.48. The van der Waals surface area contributed by atoms with Crippen molar-refractivity contribution in [3.8, 4) is 0 Å². The molecule has 2 heterocycles. The summed E-state index contributed by atoms with van der Waals surface area (Å²) in [5.74, 6) is 5.13. The highest BCUT2D eigenvalue weighted by atomic mass is 19.1. The molecule has 0 amide bonds. The summed E-state index contributed by atoms with van der Waals surface area (Å²) in [7, 11) is 0. The molecule has 0 bridgehead atoms. The molecule has 88 valence electrons. The molecule has 0 saturated carbocycles. The summed E-state index contributed by atoms with van der Waals surface area (Å²) in [6.45, 7) is 1.91. The molecule has 1 atom stereocenters. The van der Waals surface area contributed by atoms with E-state index in [4.69, 9.17) is 5.84 Å². The van der Waals surface area contributed by atoms with E-state index in [1.165, 1.54) is 6.20 Å². The van der Waals surface area contributed by atoms with Gasteiger partial charge in [-0.2, -0.15) is 0 Å². The van der Waals surface area contributed by atoms with Gasteiger partial charge in [0.25, 0.3) is 0 Å². The molecule has 0 aliphatic carbocycles. The second-order valence-electron chi connectivity index (χ2n) is 3.73. The number of rotatable bonds is 3. The summed E-state index contributed by atoms with van der Waals surface area (Å²) in [5.41, 5.74) is 4.94. The molecule has 0 fully saturated rings. The lowest BCUT2D eigenvalue weighted by molar-refractivity contribution is 0.554. The molecular weight excluding hydrogens is 219 g/mol. The van der Waals surface area contributed by atoms with Crippen molar-refractivity contribution in [1.29, 1.82) is 0 Å². The number of hydrogen-bond acceptors (Lipinski definition) is 4. The fourth-order valence-electron chi connectivity index (χ4n) is 1.78. The van der Waals surface area contributed by atoms with Gasteiger partial charge in [0.2, 0.25) is 0 Å². The van der Waals surface area contributed by atoms with Crippen LogP contribution in [-0.4, -0.2) is 9.97 Å². The number of hydrazine groups is 1. The minimum absolute atomic E-state index is 0.383. The zero-order valence-corrected chi connectivity index (χ0v) is 9.39. The van der Waals surface area contributed by atoms with Crippen LogP contribution in [0.5, 0.6) is 0 Å². The molecule has 2 aromatic heterocycles.